The van der Waals surface area contributed by atoms with Gasteiger partial charge in [0.05, 0.1) is 17.8 Å². The highest BCUT2D eigenvalue weighted by Crippen LogP contribution is 2.35. The molecule has 2 aromatic rings. The molecule has 6 heteroatoms. The first kappa shape index (κ1) is 18.6. The van der Waals surface area contributed by atoms with Crippen LogP contribution in [0.5, 0.6) is 0 Å². The van der Waals surface area contributed by atoms with Crippen molar-refractivity contribution in [1.29, 1.82) is 0 Å². The van der Waals surface area contributed by atoms with E-state index in [-0.39, 0.29) is 18.0 Å². The Hall–Kier alpha value is -2.18. The molecule has 3 atom stereocenters. The molecule has 2 N–H and O–H groups in total. The zero-order chi connectivity index (χ0) is 19.0. The predicted octanol–water partition coefficient (Wildman–Crippen LogP) is 1.94. The Bertz CT molecular complexity index is 797. The number of hydrogen-bond acceptors (Lipinski definition) is 4. The molecule has 1 aliphatic heterocycles. The van der Waals surface area contributed by atoms with Gasteiger partial charge in [0.25, 0.3) is 0 Å². The number of benzene rings is 1. The SMILES string of the molecule is Cc1ccc([C@@H](O)CN[C@@H]2CC(=O)N(C)[C@H]2c2c(C)nn(C)c2C)cc1. The summed E-state index contributed by atoms with van der Waals surface area (Å²) in [7, 11) is 3.77. The molecular weight excluding hydrogens is 328 g/mol. The van der Waals surface area contributed by atoms with Gasteiger partial charge in [-0.2, -0.15) is 5.10 Å². The number of nitrogens with one attached hydrogen (secondary N) is 1. The third kappa shape index (κ3) is 3.39. The van der Waals surface area contributed by atoms with Crippen molar-refractivity contribution in [3.63, 3.8) is 0 Å². The lowest BCUT2D eigenvalue weighted by molar-refractivity contribution is -0.127. The molecule has 0 radical (unpaired) electrons. The van der Waals surface area contributed by atoms with Gasteiger partial charge in [-0.15, -0.1) is 0 Å². The molecule has 6 nitrogen and oxygen atoms in total. The van der Waals surface area contributed by atoms with Crippen LogP contribution in [0.1, 0.15) is 46.6 Å². The summed E-state index contributed by atoms with van der Waals surface area (Å²) in [5, 5.41) is 18.4. The van der Waals surface area contributed by atoms with E-state index in [9.17, 15) is 9.90 Å². The second-order valence-electron chi connectivity index (χ2n) is 7.30. The highest BCUT2D eigenvalue weighted by Gasteiger charge is 2.41. The van der Waals surface area contributed by atoms with Gasteiger partial charge >= 0.3 is 0 Å². The van der Waals surface area contributed by atoms with Gasteiger partial charge < -0.3 is 15.3 Å². The standard InChI is InChI=1S/C20H28N4O2/c1-12-6-8-15(9-7-12)17(25)11-21-16-10-18(26)23(4)20(16)19-13(2)22-24(5)14(19)3/h6-9,16-17,20-21,25H,10-11H2,1-5H3/t16-,17+,20-/m1/s1. The van der Waals surface area contributed by atoms with Crippen molar-refractivity contribution in [3.8, 4) is 0 Å². The van der Waals surface area contributed by atoms with E-state index in [0.29, 0.717) is 13.0 Å². The van der Waals surface area contributed by atoms with Crippen LogP contribution < -0.4 is 5.32 Å². The van der Waals surface area contributed by atoms with E-state index >= 15 is 0 Å². The van der Waals surface area contributed by atoms with Crippen molar-refractivity contribution < 1.29 is 9.90 Å². The highest BCUT2D eigenvalue weighted by molar-refractivity contribution is 5.80. The minimum Gasteiger partial charge on any atom is -0.387 e. The average molecular weight is 356 g/mol. The quantitative estimate of drug-likeness (QED) is 0.859. The van der Waals surface area contributed by atoms with Crippen LogP contribution in [0, 0.1) is 20.8 Å². The normalized spacial score (nSPS) is 21.5. The molecule has 1 aromatic heterocycles. The lowest BCUT2D eigenvalue weighted by atomic mass is 9.97. The molecule has 0 saturated carbocycles. The maximum atomic E-state index is 12.3. The molecule has 140 valence electrons. The second-order valence-corrected chi connectivity index (χ2v) is 7.30. The second kappa shape index (κ2) is 7.21. The van der Waals surface area contributed by atoms with Crippen LogP contribution >= 0.6 is 0 Å². The number of aliphatic hydroxyl groups excluding tert-OH is 1. The fourth-order valence-electron chi connectivity index (χ4n) is 3.83. The summed E-state index contributed by atoms with van der Waals surface area (Å²) < 4.78 is 1.86. The fourth-order valence-corrected chi connectivity index (χ4v) is 3.83. The van der Waals surface area contributed by atoms with Gasteiger partial charge in [-0.05, 0) is 26.3 Å². The summed E-state index contributed by atoms with van der Waals surface area (Å²) in [5.74, 6) is 0.111. The number of carbonyl (C=O) groups excluding carboxylic acids is 1. The third-order valence-corrected chi connectivity index (χ3v) is 5.48. The van der Waals surface area contributed by atoms with Crippen LogP contribution in [-0.2, 0) is 11.8 Å². The van der Waals surface area contributed by atoms with Crippen molar-refractivity contribution in [2.75, 3.05) is 13.6 Å². The largest absolute Gasteiger partial charge is 0.387 e. The molecule has 1 aromatic carbocycles. The number of nitrogens with zero attached hydrogens (tertiary/aromatic N) is 3. The monoisotopic (exact) mass is 356 g/mol. The first-order chi connectivity index (χ1) is 12.3. The smallest absolute Gasteiger partial charge is 0.224 e. The molecule has 26 heavy (non-hydrogen) atoms. The summed E-state index contributed by atoms with van der Waals surface area (Å²) >= 11 is 0. The van der Waals surface area contributed by atoms with Crippen LogP contribution in [0.15, 0.2) is 24.3 Å². The minimum atomic E-state index is -0.603. The number of amides is 1. The van der Waals surface area contributed by atoms with Gasteiger partial charge in [0.1, 0.15) is 0 Å². The van der Waals surface area contributed by atoms with Gasteiger partial charge in [0, 0.05) is 44.4 Å². The molecule has 1 saturated heterocycles. The maximum Gasteiger partial charge on any atom is 0.224 e. The van der Waals surface area contributed by atoms with Crippen molar-refractivity contribution in [2.45, 2.75) is 45.4 Å². The molecule has 1 fully saturated rings. The number of aromatic nitrogens is 2. The van der Waals surface area contributed by atoms with Crippen molar-refractivity contribution in [3.05, 3.63) is 52.3 Å². The summed E-state index contributed by atoms with van der Waals surface area (Å²) in [5.41, 5.74) is 5.16. The van der Waals surface area contributed by atoms with Crippen LogP contribution in [0.2, 0.25) is 0 Å². The summed E-state index contributed by atoms with van der Waals surface area (Å²) in [6.45, 7) is 6.45. The Labute approximate surface area is 154 Å². The van der Waals surface area contributed by atoms with Crippen molar-refractivity contribution in [1.82, 2.24) is 20.0 Å². The van der Waals surface area contributed by atoms with Gasteiger partial charge in [0.2, 0.25) is 5.91 Å². The molecule has 0 spiro atoms. The van der Waals surface area contributed by atoms with Gasteiger partial charge in [-0.25, -0.2) is 0 Å². The number of likely N-dealkylation sites (N-methyl/N-ethyl adjacent to an activating group) is 1. The van der Waals surface area contributed by atoms with Crippen LogP contribution in [0.3, 0.4) is 0 Å². The fraction of sp³-hybridized carbons (Fsp3) is 0.500. The minimum absolute atomic E-state index is 0.0470. The molecule has 0 unspecified atom stereocenters. The van der Waals surface area contributed by atoms with Gasteiger partial charge in [0.15, 0.2) is 0 Å². The summed E-state index contributed by atoms with van der Waals surface area (Å²) in [6.07, 6.45) is -0.177. The molecular formula is C20H28N4O2. The van der Waals surface area contributed by atoms with E-state index < -0.39 is 6.10 Å². The number of likely N-dealkylation sites (tertiary alicyclic amines) is 1. The average Bonchev–Trinajstić information content (AvgIpc) is 3.01. The van der Waals surface area contributed by atoms with E-state index in [1.165, 1.54) is 5.56 Å². The molecule has 0 aliphatic carbocycles. The predicted molar refractivity (Wildman–Crippen MR) is 101 cm³/mol. The third-order valence-electron chi connectivity index (χ3n) is 5.48. The Morgan fingerprint density at radius 3 is 2.46 bits per heavy atom. The summed E-state index contributed by atoms with van der Waals surface area (Å²) in [6, 6.07) is 7.77. The maximum absolute atomic E-state index is 12.3. The number of hydrogen-bond donors (Lipinski definition) is 2. The first-order valence-corrected chi connectivity index (χ1v) is 9.03. The molecule has 0 bridgehead atoms. The Morgan fingerprint density at radius 2 is 1.88 bits per heavy atom. The van der Waals surface area contributed by atoms with Crippen molar-refractivity contribution >= 4 is 5.91 Å². The zero-order valence-electron chi connectivity index (χ0n) is 16.2. The molecule has 2 heterocycles. The Morgan fingerprint density at radius 1 is 1.23 bits per heavy atom. The number of rotatable bonds is 5. The van der Waals surface area contributed by atoms with Crippen LogP contribution in [0.4, 0.5) is 0 Å². The molecule has 1 amide bonds. The first-order valence-electron chi connectivity index (χ1n) is 9.03. The lowest BCUT2D eigenvalue weighted by Crippen LogP contribution is -2.37. The highest BCUT2D eigenvalue weighted by atomic mass is 16.3. The molecule has 3 rings (SSSR count). The van der Waals surface area contributed by atoms with E-state index in [1.807, 2.05) is 63.8 Å². The van der Waals surface area contributed by atoms with Crippen LogP contribution in [0.25, 0.3) is 0 Å². The van der Waals surface area contributed by atoms with E-state index in [4.69, 9.17) is 0 Å². The number of aliphatic hydroxyl groups is 1. The van der Waals surface area contributed by atoms with E-state index in [2.05, 4.69) is 10.4 Å². The lowest BCUT2D eigenvalue weighted by Gasteiger charge is -2.27. The van der Waals surface area contributed by atoms with Crippen LogP contribution in [-0.4, -0.2) is 45.3 Å². The van der Waals surface area contributed by atoms with E-state index in [0.717, 1.165) is 22.5 Å². The van der Waals surface area contributed by atoms with Gasteiger partial charge in [-0.1, -0.05) is 29.8 Å². The Balaban J connectivity index is 1.77. The molecule has 1 aliphatic rings. The van der Waals surface area contributed by atoms with Gasteiger partial charge in [-0.3, -0.25) is 9.48 Å². The Kier molecular flexibility index (Phi) is 5.16. The summed E-state index contributed by atoms with van der Waals surface area (Å²) in [4.78, 5) is 14.1. The van der Waals surface area contributed by atoms with Crippen molar-refractivity contribution in [2.24, 2.45) is 7.05 Å². The zero-order valence-corrected chi connectivity index (χ0v) is 16.2. The van der Waals surface area contributed by atoms with E-state index in [1.54, 1.807) is 4.90 Å². The topological polar surface area (TPSA) is 70.4 Å². The number of aryl methyl sites for hydroxylation is 3. The number of carbonyl (C=O) groups is 1.